The predicted octanol–water partition coefficient (Wildman–Crippen LogP) is 16.4. The van der Waals surface area contributed by atoms with E-state index in [0.717, 1.165) is 17.5 Å². The van der Waals surface area contributed by atoms with Crippen LogP contribution in [0.15, 0.2) is 194 Å². The standard InChI is InChI=1S/C60H46N2/c1-3-15-45(16-4-1)61(53-23-11-14-40-13-7-8-19-47(40)53)54-31-27-41-26-30-51-55(32-28-42-25-29-50(54)57(41)58(42)51)62(46-17-5-2-6-18-46)56-24-12-21-49-48-20-9-10-22-52(48)60(59(49)56)43-34-38-33-39(36-43)37-44(60)35-38/h1-32,38-39,43-44H,33-37H2. The number of anilines is 6. The molecule has 5 aliphatic carbocycles. The highest BCUT2D eigenvalue weighted by Crippen LogP contribution is 2.71. The normalized spacial score (nSPS) is 21.9. The SMILES string of the molecule is c1ccc(N(c2cccc3c2C2(c4ccccc4-3)C3CC4CC(C3)CC2C4)c2ccc3ccc4c(N(c5ccccc5)c5cccc6ccccc56)ccc5ccc2c3c54)cc1. The maximum atomic E-state index is 2.65. The Morgan fingerprint density at radius 1 is 0.339 bits per heavy atom. The highest BCUT2D eigenvalue weighted by molar-refractivity contribution is 6.28. The minimum atomic E-state index is 0.0319. The molecule has 5 aliphatic rings. The summed E-state index contributed by atoms with van der Waals surface area (Å²) in [6, 6.07) is 73.3. The first-order chi connectivity index (χ1) is 30.7. The lowest BCUT2D eigenvalue weighted by Crippen LogP contribution is -2.55. The molecular weight excluding hydrogens is 749 g/mol. The number of rotatable bonds is 6. The molecule has 4 bridgehead atoms. The quantitative estimate of drug-likeness (QED) is 0.155. The molecule has 10 aromatic rings. The summed E-state index contributed by atoms with van der Waals surface area (Å²) in [5.74, 6) is 3.12. The zero-order valence-corrected chi connectivity index (χ0v) is 34.7. The van der Waals surface area contributed by atoms with Crippen LogP contribution in [0, 0.1) is 23.7 Å². The second-order valence-electron chi connectivity index (χ2n) is 18.9. The van der Waals surface area contributed by atoms with Crippen LogP contribution in [0.2, 0.25) is 0 Å². The minimum Gasteiger partial charge on any atom is -0.310 e. The van der Waals surface area contributed by atoms with Crippen molar-refractivity contribution in [1.82, 2.24) is 0 Å². The molecule has 1 spiro atoms. The first kappa shape index (κ1) is 34.8. The van der Waals surface area contributed by atoms with E-state index in [4.69, 9.17) is 0 Å². The predicted molar refractivity (Wildman–Crippen MR) is 260 cm³/mol. The van der Waals surface area contributed by atoms with Gasteiger partial charge < -0.3 is 9.80 Å². The third kappa shape index (κ3) is 4.70. The highest BCUT2D eigenvalue weighted by Gasteiger charge is 2.62. The number of hydrogen-bond acceptors (Lipinski definition) is 2. The van der Waals surface area contributed by atoms with E-state index in [0.29, 0.717) is 11.8 Å². The van der Waals surface area contributed by atoms with Gasteiger partial charge in [-0.05, 0) is 153 Å². The summed E-state index contributed by atoms with van der Waals surface area (Å²) in [5.41, 5.74) is 13.4. The van der Waals surface area contributed by atoms with Gasteiger partial charge in [-0.15, -0.1) is 0 Å². The monoisotopic (exact) mass is 794 g/mol. The first-order valence-electron chi connectivity index (χ1n) is 22.9. The summed E-state index contributed by atoms with van der Waals surface area (Å²) in [4.78, 5) is 5.12. The summed E-state index contributed by atoms with van der Waals surface area (Å²) in [6.45, 7) is 0. The minimum absolute atomic E-state index is 0.0319. The Labute approximate surface area is 363 Å². The number of para-hydroxylation sites is 2. The Hall–Kier alpha value is -6.90. The average Bonchev–Trinajstić information content (AvgIpc) is 3.63. The fourth-order valence-corrected chi connectivity index (χ4v) is 13.9. The second-order valence-corrected chi connectivity index (χ2v) is 18.9. The Morgan fingerprint density at radius 3 is 1.48 bits per heavy atom. The molecule has 0 radical (unpaired) electrons. The largest absolute Gasteiger partial charge is 0.310 e. The van der Waals surface area contributed by atoms with Crippen molar-refractivity contribution in [2.45, 2.75) is 37.5 Å². The maximum Gasteiger partial charge on any atom is 0.0540 e. The Morgan fingerprint density at radius 2 is 0.823 bits per heavy atom. The molecule has 0 unspecified atom stereocenters. The Kier molecular flexibility index (Phi) is 7.32. The van der Waals surface area contributed by atoms with Crippen molar-refractivity contribution in [2.75, 3.05) is 9.80 Å². The molecule has 4 fully saturated rings. The number of fused-ring (bicyclic) bond motifs is 4. The zero-order valence-electron chi connectivity index (χ0n) is 34.7. The third-order valence-electron chi connectivity index (χ3n) is 15.9. The van der Waals surface area contributed by atoms with E-state index < -0.39 is 0 Å². The van der Waals surface area contributed by atoms with Gasteiger partial charge in [-0.3, -0.25) is 0 Å². The lowest BCUT2D eigenvalue weighted by molar-refractivity contribution is -0.0397. The van der Waals surface area contributed by atoms with Gasteiger partial charge in [0.15, 0.2) is 0 Å². The summed E-state index contributed by atoms with van der Waals surface area (Å²) >= 11 is 0. The van der Waals surface area contributed by atoms with E-state index in [1.165, 1.54) is 115 Å². The van der Waals surface area contributed by atoms with Crippen LogP contribution in [0.25, 0.3) is 54.2 Å². The molecule has 0 amide bonds. The highest BCUT2D eigenvalue weighted by atomic mass is 15.2. The molecule has 296 valence electrons. The molecule has 0 heterocycles. The number of benzene rings is 10. The molecule has 2 nitrogen and oxygen atoms in total. The van der Waals surface area contributed by atoms with Gasteiger partial charge in [-0.25, -0.2) is 0 Å². The molecule has 0 N–H and O–H groups in total. The third-order valence-corrected chi connectivity index (χ3v) is 15.9. The van der Waals surface area contributed by atoms with Gasteiger partial charge in [-0.1, -0.05) is 146 Å². The number of hydrogen-bond donors (Lipinski definition) is 0. The van der Waals surface area contributed by atoms with Crippen molar-refractivity contribution in [2.24, 2.45) is 23.7 Å². The van der Waals surface area contributed by atoms with Crippen molar-refractivity contribution in [3.63, 3.8) is 0 Å². The van der Waals surface area contributed by atoms with Crippen molar-refractivity contribution < 1.29 is 0 Å². The molecule has 0 saturated heterocycles. The van der Waals surface area contributed by atoms with Crippen LogP contribution >= 0.6 is 0 Å². The van der Waals surface area contributed by atoms with Crippen LogP contribution < -0.4 is 9.80 Å². The molecule has 2 heteroatoms. The van der Waals surface area contributed by atoms with Crippen molar-refractivity contribution in [3.05, 3.63) is 205 Å². The summed E-state index contributed by atoms with van der Waals surface area (Å²) < 4.78 is 0. The molecule has 0 aromatic heterocycles. The Bertz CT molecular complexity index is 3350. The first-order valence-corrected chi connectivity index (χ1v) is 22.9. The lowest BCUT2D eigenvalue weighted by atomic mass is 9.43. The van der Waals surface area contributed by atoms with Gasteiger partial charge in [0.1, 0.15) is 0 Å². The maximum absolute atomic E-state index is 2.65. The van der Waals surface area contributed by atoms with Crippen LogP contribution in [0.5, 0.6) is 0 Å². The van der Waals surface area contributed by atoms with Gasteiger partial charge >= 0.3 is 0 Å². The van der Waals surface area contributed by atoms with Gasteiger partial charge in [0.2, 0.25) is 0 Å². The average molecular weight is 795 g/mol. The molecule has 0 atom stereocenters. The molecule has 15 rings (SSSR count). The van der Waals surface area contributed by atoms with Gasteiger partial charge in [0.05, 0.1) is 22.7 Å². The topological polar surface area (TPSA) is 6.48 Å². The van der Waals surface area contributed by atoms with Crippen LogP contribution in [0.4, 0.5) is 34.1 Å². The summed E-state index contributed by atoms with van der Waals surface area (Å²) in [6.07, 6.45) is 6.89. The van der Waals surface area contributed by atoms with Gasteiger partial charge in [0.25, 0.3) is 0 Å². The Balaban J connectivity index is 1.03. The van der Waals surface area contributed by atoms with E-state index in [9.17, 15) is 0 Å². The van der Waals surface area contributed by atoms with Crippen LogP contribution in [0.1, 0.15) is 43.2 Å². The van der Waals surface area contributed by atoms with Crippen LogP contribution in [-0.2, 0) is 5.41 Å². The van der Waals surface area contributed by atoms with E-state index >= 15 is 0 Å². The van der Waals surface area contributed by atoms with Gasteiger partial charge in [-0.2, -0.15) is 0 Å². The molecular formula is C60H46N2. The van der Waals surface area contributed by atoms with Crippen LogP contribution in [-0.4, -0.2) is 0 Å². The van der Waals surface area contributed by atoms with Crippen molar-refractivity contribution >= 4 is 77.2 Å². The van der Waals surface area contributed by atoms with Gasteiger partial charge in [0, 0.05) is 32.9 Å². The summed E-state index contributed by atoms with van der Waals surface area (Å²) in [5, 5.41) is 10.2. The van der Waals surface area contributed by atoms with E-state index in [1.807, 2.05) is 0 Å². The zero-order chi connectivity index (χ0) is 40.5. The van der Waals surface area contributed by atoms with E-state index in [-0.39, 0.29) is 5.41 Å². The smallest absolute Gasteiger partial charge is 0.0540 e. The lowest BCUT2D eigenvalue weighted by Gasteiger charge is -2.61. The summed E-state index contributed by atoms with van der Waals surface area (Å²) in [7, 11) is 0. The fourth-order valence-electron chi connectivity index (χ4n) is 13.9. The number of nitrogens with zero attached hydrogens (tertiary/aromatic N) is 2. The molecule has 10 aromatic carbocycles. The molecule has 0 aliphatic heterocycles. The molecule has 4 saturated carbocycles. The second kappa shape index (κ2) is 13.1. The van der Waals surface area contributed by atoms with E-state index in [2.05, 4.69) is 204 Å². The van der Waals surface area contributed by atoms with Crippen molar-refractivity contribution in [1.29, 1.82) is 0 Å². The van der Waals surface area contributed by atoms with Crippen LogP contribution in [0.3, 0.4) is 0 Å². The van der Waals surface area contributed by atoms with Crippen molar-refractivity contribution in [3.8, 4) is 11.1 Å². The van der Waals surface area contributed by atoms with E-state index in [1.54, 1.807) is 11.1 Å². The molecule has 62 heavy (non-hydrogen) atoms. The fraction of sp³-hybridized carbons (Fsp3) is 0.167.